The fraction of sp³-hybridized carbons (Fsp3) is 0.227. The zero-order chi connectivity index (χ0) is 19.2. The molecule has 0 bridgehead atoms. The first-order valence-corrected chi connectivity index (χ1v) is 9.38. The summed E-state index contributed by atoms with van der Waals surface area (Å²) in [5, 5.41) is 2.98. The van der Waals surface area contributed by atoms with Crippen molar-refractivity contribution in [1.29, 1.82) is 0 Å². The molecule has 6 nitrogen and oxygen atoms in total. The molecule has 2 aromatic carbocycles. The van der Waals surface area contributed by atoms with E-state index in [4.69, 9.17) is 9.72 Å². The predicted molar refractivity (Wildman–Crippen MR) is 108 cm³/mol. The quantitative estimate of drug-likeness (QED) is 0.744. The van der Waals surface area contributed by atoms with Crippen LogP contribution >= 0.6 is 0 Å². The highest BCUT2D eigenvalue weighted by atomic mass is 16.5. The van der Waals surface area contributed by atoms with E-state index in [1.165, 1.54) is 0 Å². The van der Waals surface area contributed by atoms with E-state index in [9.17, 15) is 4.79 Å². The van der Waals surface area contributed by atoms with Gasteiger partial charge in [-0.05, 0) is 5.56 Å². The molecule has 28 heavy (non-hydrogen) atoms. The van der Waals surface area contributed by atoms with Crippen molar-refractivity contribution in [2.75, 3.05) is 31.2 Å². The Balaban J connectivity index is 1.62. The SMILES string of the molecule is O=C(NCc1ccccc1)c1cnc(-c2ccccc2)nc1N1CCOCC1. The summed E-state index contributed by atoms with van der Waals surface area (Å²) in [6.45, 7) is 3.10. The number of aromatic nitrogens is 2. The van der Waals surface area contributed by atoms with E-state index in [-0.39, 0.29) is 5.91 Å². The Kier molecular flexibility index (Phi) is 5.58. The Bertz CT molecular complexity index is 926. The summed E-state index contributed by atoms with van der Waals surface area (Å²) in [6, 6.07) is 19.6. The van der Waals surface area contributed by atoms with Gasteiger partial charge in [0, 0.05) is 31.4 Å². The van der Waals surface area contributed by atoms with E-state index >= 15 is 0 Å². The number of hydrogen-bond acceptors (Lipinski definition) is 5. The molecule has 1 N–H and O–H groups in total. The molecule has 1 aromatic heterocycles. The number of hydrogen-bond donors (Lipinski definition) is 1. The van der Waals surface area contributed by atoms with Gasteiger partial charge in [-0.2, -0.15) is 0 Å². The summed E-state index contributed by atoms with van der Waals surface area (Å²) >= 11 is 0. The molecule has 0 saturated carbocycles. The van der Waals surface area contributed by atoms with E-state index < -0.39 is 0 Å². The number of ether oxygens (including phenoxy) is 1. The standard InChI is InChI=1S/C22H22N4O2/c27-22(24-15-17-7-3-1-4-8-17)19-16-23-20(18-9-5-2-6-10-18)25-21(19)26-11-13-28-14-12-26/h1-10,16H,11-15H2,(H,24,27). The Hall–Kier alpha value is -3.25. The second-order valence-electron chi connectivity index (χ2n) is 6.56. The van der Waals surface area contributed by atoms with Crippen LogP contribution in [0.5, 0.6) is 0 Å². The van der Waals surface area contributed by atoms with Crippen LogP contribution in [0.3, 0.4) is 0 Å². The van der Waals surface area contributed by atoms with Gasteiger partial charge in [-0.1, -0.05) is 60.7 Å². The van der Waals surface area contributed by atoms with E-state index in [1.54, 1.807) is 6.20 Å². The first-order chi connectivity index (χ1) is 13.8. The molecule has 1 amide bonds. The molecule has 3 aromatic rings. The minimum atomic E-state index is -0.176. The molecule has 0 spiro atoms. The van der Waals surface area contributed by atoms with E-state index in [0.29, 0.717) is 50.1 Å². The Morgan fingerprint density at radius 2 is 1.68 bits per heavy atom. The number of morpholine rings is 1. The van der Waals surface area contributed by atoms with Gasteiger partial charge < -0.3 is 15.0 Å². The van der Waals surface area contributed by atoms with Crippen LogP contribution in [0.4, 0.5) is 5.82 Å². The van der Waals surface area contributed by atoms with Gasteiger partial charge in [0.05, 0.1) is 13.2 Å². The molecule has 0 atom stereocenters. The van der Waals surface area contributed by atoms with Crippen molar-refractivity contribution < 1.29 is 9.53 Å². The molecule has 6 heteroatoms. The normalized spacial score (nSPS) is 13.9. The minimum Gasteiger partial charge on any atom is -0.378 e. The summed E-state index contributed by atoms with van der Waals surface area (Å²) in [7, 11) is 0. The lowest BCUT2D eigenvalue weighted by molar-refractivity contribution is 0.0948. The molecule has 0 radical (unpaired) electrons. The van der Waals surface area contributed by atoms with Crippen molar-refractivity contribution in [3.05, 3.63) is 78.0 Å². The monoisotopic (exact) mass is 374 g/mol. The van der Waals surface area contributed by atoms with Crippen LogP contribution in [0.1, 0.15) is 15.9 Å². The molecule has 0 unspecified atom stereocenters. The van der Waals surface area contributed by atoms with Gasteiger partial charge in [0.2, 0.25) is 0 Å². The van der Waals surface area contributed by atoms with Crippen molar-refractivity contribution >= 4 is 11.7 Å². The zero-order valence-electron chi connectivity index (χ0n) is 15.5. The van der Waals surface area contributed by atoms with Gasteiger partial charge in [0.15, 0.2) is 5.82 Å². The van der Waals surface area contributed by atoms with Crippen LogP contribution in [-0.4, -0.2) is 42.2 Å². The predicted octanol–water partition coefficient (Wildman–Crippen LogP) is 2.91. The molecule has 142 valence electrons. The molecule has 4 rings (SSSR count). The molecule has 1 aliphatic heterocycles. The number of carbonyl (C=O) groups excluding carboxylic acids is 1. The maximum atomic E-state index is 12.9. The number of nitrogens with one attached hydrogen (secondary N) is 1. The Labute approximate surface area is 164 Å². The third-order valence-electron chi connectivity index (χ3n) is 4.65. The molecule has 1 saturated heterocycles. The molecule has 1 aliphatic rings. The number of anilines is 1. The van der Waals surface area contributed by atoms with Crippen molar-refractivity contribution in [2.45, 2.75) is 6.54 Å². The number of amides is 1. The van der Waals surface area contributed by atoms with Gasteiger partial charge in [0.1, 0.15) is 11.4 Å². The van der Waals surface area contributed by atoms with E-state index in [2.05, 4.69) is 15.2 Å². The molecule has 0 aliphatic carbocycles. The topological polar surface area (TPSA) is 67.4 Å². The molecular formula is C22H22N4O2. The highest BCUT2D eigenvalue weighted by molar-refractivity contribution is 5.98. The zero-order valence-corrected chi connectivity index (χ0v) is 15.5. The smallest absolute Gasteiger partial charge is 0.256 e. The van der Waals surface area contributed by atoms with Crippen molar-refractivity contribution in [3.8, 4) is 11.4 Å². The third kappa shape index (κ3) is 4.18. The van der Waals surface area contributed by atoms with Gasteiger partial charge in [0.25, 0.3) is 5.91 Å². The second-order valence-corrected chi connectivity index (χ2v) is 6.56. The average molecular weight is 374 g/mol. The summed E-state index contributed by atoms with van der Waals surface area (Å²) in [4.78, 5) is 24.2. The van der Waals surface area contributed by atoms with E-state index in [0.717, 1.165) is 11.1 Å². The Morgan fingerprint density at radius 1 is 1.00 bits per heavy atom. The van der Waals surface area contributed by atoms with Gasteiger partial charge in [-0.25, -0.2) is 9.97 Å². The third-order valence-corrected chi connectivity index (χ3v) is 4.65. The molecule has 2 heterocycles. The van der Waals surface area contributed by atoms with Crippen LogP contribution < -0.4 is 10.2 Å². The Morgan fingerprint density at radius 3 is 2.39 bits per heavy atom. The number of benzene rings is 2. The first-order valence-electron chi connectivity index (χ1n) is 9.38. The second kappa shape index (κ2) is 8.63. The van der Waals surface area contributed by atoms with Crippen LogP contribution in [0.2, 0.25) is 0 Å². The number of rotatable bonds is 5. The van der Waals surface area contributed by atoms with Crippen LogP contribution in [0, 0.1) is 0 Å². The van der Waals surface area contributed by atoms with Crippen LogP contribution in [0.25, 0.3) is 11.4 Å². The molecule has 1 fully saturated rings. The van der Waals surface area contributed by atoms with Gasteiger partial charge in [-0.15, -0.1) is 0 Å². The number of nitrogens with zero attached hydrogens (tertiary/aromatic N) is 3. The fourth-order valence-electron chi connectivity index (χ4n) is 3.15. The summed E-state index contributed by atoms with van der Waals surface area (Å²) in [6.07, 6.45) is 1.63. The summed E-state index contributed by atoms with van der Waals surface area (Å²) in [5.41, 5.74) is 2.45. The largest absolute Gasteiger partial charge is 0.378 e. The highest BCUT2D eigenvalue weighted by Gasteiger charge is 2.22. The first kappa shape index (κ1) is 18.1. The van der Waals surface area contributed by atoms with Crippen molar-refractivity contribution in [3.63, 3.8) is 0 Å². The lowest BCUT2D eigenvalue weighted by Crippen LogP contribution is -2.38. The summed E-state index contributed by atoms with van der Waals surface area (Å²) < 4.78 is 5.46. The fourth-order valence-corrected chi connectivity index (χ4v) is 3.15. The lowest BCUT2D eigenvalue weighted by Gasteiger charge is -2.29. The van der Waals surface area contributed by atoms with Crippen LogP contribution in [-0.2, 0) is 11.3 Å². The van der Waals surface area contributed by atoms with Crippen molar-refractivity contribution in [1.82, 2.24) is 15.3 Å². The van der Waals surface area contributed by atoms with Gasteiger partial charge in [-0.3, -0.25) is 4.79 Å². The maximum Gasteiger partial charge on any atom is 0.256 e. The van der Waals surface area contributed by atoms with Crippen LogP contribution in [0.15, 0.2) is 66.9 Å². The average Bonchev–Trinajstić information content (AvgIpc) is 2.79. The minimum absolute atomic E-state index is 0.176. The van der Waals surface area contributed by atoms with Gasteiger partial charge >= 0.3 is 0 Å². The highest BCUT2D eigenvalue weighted by Crippen LogP contribution is 2.23. The summed E-state index contributed by atoms with van der Waals surface area (Å²) in [5.74, 6) is 1.09. The van der Waals surface area contributed by atoms with E-state index in [1.807, 2.05) is 60.7 Å². The lowest BCUT2D eigenvalue weighted by atomic mass is 10.2. The van der Waals surface area contributed by atoms with Crippen molar-refractivity contribution in [2.24, 2.45) is 0 Å². The number of carbonyl (C=O) groups is 1. The molecular weight excluding hydrogens is 352 g/mol. The maximum absolute atomic E-state index is 12.9.